The molecule has 0 unspecified atom stereocenters. The van der Waals surface area contributed by atoms with Crippen molar-refractivity contribution in [3.8, 4) is 0 Å². The van der Waals surface area contributed by atoms with E-state index in [1.165, 1.54) is 6.92 Å². The van der Waals surface area contributed by atoms with Crippen molar-refractivity contribution in [3.05, 3.63) is 0 Å². The lowest BCUT2D eigenvalue weighted by Gasteiger charge is -2.07. The van der Waals surface area contributed by atoms with Gasteiger partial charge in [-0.3, -0.25) is 0 Å². The normalized spacial score (nSPS) is 12.8. The molecular formula is C7H14O5. The Bertz CT molecular complexity index is 125. The third kappa shape index (κ3) is 6.09. The predicted octanol–water partition coefficient (Wildman–Crippen LogP) is -0.515. The molecule has 0 aromatic carbocycles. The maximum Gasteiger partial charge on any atom is 0.332 e. The quantitative estimate of drug-likeness (QED) is 0.513. The fourth-order valence-electron chi connectivity index (χ4n) is 0.522. The number of rotatable bonds is 7. The molecule has 0 aliphatic carbocycles. The van der Waals surface area contributed by atoms with Crippen LogP contribution in [0.3, 0.4) is 0 Å². The number of carboxylic acid groups (broad SMARTS) is 1. The van der Waals surface area contributed by atoms with Crippen LogP contribution >= 0.6 is 0 Å². The Hall–Kier alpha value is -0.650. The summed E-state index contributed by atoms with van der Waals surface area (Å²) in [6.45, 7) is 2.21. The lowest BCUT2D eigenvalue weighted by Crippen LogP contribution is -2.22. The molecular weight excluding hydrogens is 164 g/mol. The summed E-state index contributed by atoms with van der Waals surface area (Å²) >= 11 is 0. The van der Waals surface area contributed by atoms with Crippen LogP contribution < -0.4 is 0 Å². The number of ether oxygens (including phenoxy) is 2. The number of aliphatic hydroxyl groups excluding tert-OH is 1. The van der Waals surface area contributed by atoms with Crippen LogP contribution in [0, 0.1) is 0 Å². The van der Waals surface area contributed by atoms with Gasteiger partial charge in [0.2, 0.25) is 0 Å². The highest BCUT2D eigenvalue weighted by Crippen LogP contribution is 1.89. The Morgan fingerprint density at radius 2 is 2.08 bits per heavy atom. The molecule has 0 saturated carbocycles. The summed E-state index contributed by atoms with van der Waals surface area (Å²) < 4.78 is 9.69. The van der Waals surface area contributed by atoms with Gasteiger partial charge in [0.05, 0.1) is 26.4 Å². The first-order valence-corrected chi connectivity index (χ1v) is 3.71. The van der Waals surface area contributed by atoms with Crippen LogP contribution in [0.15, 0.2) is 0 Å². The minimum Gasteiger partial charge on any atom is -0.479 e. The summed E-state index contributed by atoms with van der Waals surface area (Å²) in [4.78, 5) is 10.2. The van der Waals surface area contributed by atoms with Crippen LogP contribution in [0.1, 0.15) is 6.92 Å². The van der Waals surface area contributed by atoms with Gasteiger partial charge in [-0.25, -0.2) is 4.79 Å². The van der Waals surface area contributed by atoms with Crippen molar-refractivity contribution in [2.45, 2.75) is 13.0 Å². The number of carboxylic acids is 1. The monoisotopic (exact) mass is 178 g/mol. The zero-order valence-corrected chi connectivity index (χ0v) is 7.02. The third-order valence-corrected chi connectivity index (χ3v) is 1.18. The first-order valence-electron chi connectivity index (χ1n) is 3.71. The highest BCUT2D eigenvalue weighted by Gasteiger charge is 2.09. The van der Waals surface area contributed by atoms with Gasteiger partial charge in [0.1, 0.15) is 0 Å². The second-order valence-electron chi connectivity index (χ2n) is 2.19. The zero-order chi connectivity index (χ0) is 9.40. The van der Waals surface area contributed by atoms with E-state index in [1.54, 1.807) is 0 Å². The van der Waals surface area contributed by atoms with Gasteiger partial charge in [0, 0.05) is 0 Å². The number of carbonyl (C=O) groups is 1. The summed E-state index contributed by atoms with van der Waals surface area (Å²) in [7, 11) is 0. The van der Waals surface area contributed by atoms with E-state index in [1.807, 2.05) is 0 Å². The zero-order valence-electron chi connectivity index (χ0n) is 7.02. The number of hydrogen-bond donors (Lipinski definition) is 2. The van der Waals surface area contributed by atoms with E-state index in [0.717, 1.165) is 0 Å². The summed E-state index contributed by atoms with van der Waals surface area (Å²) in [5.74, 6) is -0.989. The van der Waals surface area contributed by atoms with Crippen molar-refractivity contribution in [1.82, 2.24) is 0 Å². The van der Waals surface area contributed by atoms with Crippen molar-refractivity contribution in [2.75, 3.05) is 26.4 Å². The summed E-state index contributed by atoms with van der Waals surface area (Å²) in [5.41, 5.74) is 0. The van der Waals surface area contributed by atoms with Crippen LogP contribution in [-0.4, -0.2) is 48.7 Å². The number of hydrogen-bond acceptors (Lipinski definition) is 4. The van der Waals surface area contributed by atoms with Gasteiger partial charge in [0.25, 0.3) is 0 Å². The van der Waals surface area contributed by atoms with E-state index in [0.29, 0.717) is 6.61 Å². The molecule has 1 atom stereocenters. The predicted molar refractivity (Wildman–Crippen MR) is 41.0 cm³/mol. The van der Waals surface area contributed by atoms with Crippen molar-refractivity contribution >= 4 is 5.97 Å². The molecule has 0 radical (unpaired) electrons. The molecule has 0 aliphatic heterocycles. The van der Waals surface area contributed by atoms with Gasteiger partial charge in [-0.1, -0.05) is 0 Å². The fraction of sp³-hybridized carbons (Fsp3) is 0.857. The van der Waals surface area contributed by atoms with Crippen molar-refractivity contribution in [2.24, 2.45) is 0 Å². The lowest BCUT2D eigenvalue weighted by molar-refractivity contribution is -0.150. The van der Waals surface area contributed by atoms with E-state index in [9.17, 15) is 4.79 Å². The molecule has 72 valence electrons. The number of aliphatic hydroxyl groups is 1. The van der Waals surface area contributed by atoms with Crippen LogP contribution in [0.4, 0.5) is 0 Å². The molecule has 0 heterocycles. The highest BCUT2D eigenvalue weighted by molar-refractivity contribution is 5.71. The molecule has 0 bridgehead atoms. The molecule has 0 amide bonds. The molecule has 0 saturated heterocycles. The Labute approximate surface area is 70.9 Å². The van der Waals surface area contributed by atoms with E-state index in [-0.39, 0.29) is 19.8 Å². The molecule has 2 N–H and O–H groups in total. The Morgan fingerprint density at radius 3 is 2.58 bits per heavy atom. The topological polar surface area (TPSA) is 76.0 Å². The van der Waals surface area contributed by atoms with Gasteiger partial charge in [-0.05, 0) is 6.92 Å². The van der Waals surface area contributed by atoms with Crippen LogP contribution in [0.5, 0.6) is 0 Å². The summed E-state index contributed by atoms with van der Waals surface area (Å²) in [5, 5.41) is 16.7. The molecule has 0 aliphatic rings. The minimum atomic E-state index is -0.989. The van der Waals surface area contributed by atoms with Gasteiger partial charge >= 0.3 is 5.97 Å². The second kappa shape index (κ2) is 7.02. The Balaban J connectivity index is 3.14. The van der Waals surface area contributed by atoms with E-state index >= 15 is 0 Å². The van der Waals surface area contributed by atoms with Crippen molar-refractivity contribution < 1.29 is 24.5 Å². The van der Waals surface area contributed by atoms with Gasteiger partial charge in [-0.15, -0.1) is 0 Å². The smallest absolute Gasteiger partial charge is 0.332 e. The minimum absolute atomic E-state index is 0.0332. The second-order valence-corrected chi connectivity index (χ2v) is 2.19. The molecule has 5 nitrogen and oxygen atoms in total. The molecule has 0 aromatic heterocycles. The first-order chi connectivity index (χ1) is 5.68. The molecule has 0 rings (SSSR count). The standard InChI is InChI=1S/C7H14O5/c1-6(7(9)10)12-5-4-11-3-2-8/h6,8H,2-5H2,1H3,(H,9,10)/t6-/m1/s1. The first kappa shape index (κ1) is 11.4. The highest BCUT2D eigenvalue weighted by atomic mass is 16.5. The Morgan fingerprint density at radius 1 is 1.42 bits per heavy atom. The summed E-state index contributed by atoms with van der Waals surface area (Å²) in [6.07, 6.45) is -0.803. The fourth-order valence-corrected chi connectivity index (χ4v) is 0.522. The SMILES string of the molecule is C[C@@H](OCCOCCO)C(=O)O. The van der Waals surface area contributed by atoms with Gasteiger partial charge in [0.15, 0.2) is 6.10 Å². The van der Waals surface area contributed by atoms with E-state index < -0.39 is 12.1 Å². The maximum atomic E-state index is 10.2. The summed E-state index contributed by atoms with van der Waals surface area (Å²) in [6, 6.07) is 0. The third-order valence-electron chi connectivity index (χ3n) is 1.18. The molecule has 12 heavy (non-hydrogen) atoms. The van der Waals surface area contributed by atoms with Gasteiger partial charge < -0.3 is 19.7 Å². The van der Waals surface area contributed by atoms with Crippen LogP contribution in [0.2, 0.25) is 0 Å². The van der Waals surface area contributed by atoms with Crippen LogP contribution in [-0.2, 0) is 14.3 Å². The molecule has 0 spiro atoms. The average Bonchev–Trinajstić information content (AvgIpc) is 2.03. The maximum absolute atomic E-state index is 10.2. The number of aliphatic carboxylic acids is 1. The van der Waals surface area contributed by atoms with E-state index in [2.05, 4.69) is 0 Å². The van der Waals surface area contributed by atoms with Crippen molar-refractivity contribution in [3.63, 3.8) is 0 Å². The molecule has 5 heteroatoms. The van der Waals surface area contributed by atoms with Crippen molar-refractivity contribution in [1.29, 1.82) is 0 Å². The Kier molecular flexibility index (Phi) is 6.64. The lowest BCUT2D eigenvalue weighted by atomic mass is 10.4. The van der Waals surface area contributed by atoms with Crippen LogP contribution in [0.25, 0.3) is 0 Å². The van der Waals surface area contributed by atoms with E-state index in [4.69, 9.17) is 19.7 Å². The molecule has 0 aromatic rings. The molecule has 0 fully saturated rings. The largest absolute Gasteiger partial charge is 0.479 e. The average molecular weight is 178 g/mol. The van der Waals surface area contributed by atoms with Gasteiger partial charge in [-0.2, -0.15) is 0 Å².